The van der Waals surface area contributed by atoms with E-state index >= 15 is 0 Å². The lowest BCUT2D eigenvalue weighted by Crippen LogP contribution is -1.96. The van der Waals surface area contributed by atoms with Gasteiger partial charge in [0, 0.05) is 12.1 Å². The van der Waals surface area contributed by atoms with E-state index in [2.05, 4.69) is 0 Å². The molecule has 1 radical (unpaired) electrons. The molecule has 0 N–H and O–H groups in total. The normalized spacial score (nSPS) is 14.9. The minimum absolute atomic E-state index is 0.102. The van der Waals surface area contributed by atoms with Crippen molar-refractivity contribution < 1.29 is 9.66 Å². The summed E-state index contributed by atoms with van der Waals surface area (Å²) in [6.45, 7) is 0. The maximum absolute atomic E-state index is 10.7. The zero-order valence-electron chi connectivity index (χ0n) is 9.42. The van der Waals surface area contributed by atoms with Crippen LogP contribution in [0.3, 0.4) is 0 Å². The highest BCUT2D eigenvalue weighted by molar-refractivity contribution is 5.76. The largest absolute Gasteiger partial charge is 0.497 e. The van der Waals surface area contributed by atoms with E-state index in [1.165, 1.54) is 6.07 Å². The van der Waals surface area contributed by atoms with Crippen LogP contribution in [0.25, 0.3) is 5.57 Å². The lowest BCUT2D eigenvalue weighted by molar-refractivity contribution is -0.384. The molecule has 0 heterocycles. The Morgan fingerprint density at radius 2 is 2.24 bits per heavy atom. The number of hydrogen-bond donors (Lipinski definition) is 0. The van der Waals surface area contributed by atoms with E-state index in [9.17, 15) is 10.1 Å². The second-order valence-electron chi connectivity index (χ2n) is 3.66. The highest BCUT2D eigenvalue weighted by Gasteiger charge is 2.11. The van der Waals surface area contributed by atoms with Crippen LogP contribution >= 0.6 is 0 Å². The Hall–Kier alpha value is -2.10. The molecule has 4 nitrogen and oxygen atoms in total. The standard InChI is InChI=1S/C13H12NO3/c1-17-13-7-3-5-11(9-13)10-4-2-6-12(8-10)14(15)16/h2,4-9H,3H2,1H3. The molecule has 0 aliphatic heterocycles. The molecule has 1 aliphatic carbocycles. The van der Waals surface area contributed by atoms with Gasteiger partial charge in [0.2, 0.25) is 0 Å². The van der Waals surface area contributed by atoms with E-state index in [4.69, 9.17) is 4.74 Å². The van der Waals surface area contributed by atoms with Crippen molar-refractivity contribution in [3.63, 3.8) is 0 Å². The number of nitro benzene ring substituents is 1. The van der Waals surface area contributed by atoms with Gasteiger partial charge in [0.25, 0.3) is 5.69 Å². The zero-order chi connectivity index (χ0) is 12.3. The van der Waals surface area contributed by atoms with E-state index in [0.717, 1.165) is 23.3 Å². The molecule has 2 rings (SSSR count). The summed E-state index contributed by atoms with van der Waals surface area (Å²) in [5.74, 6) is 0.786. The summed E-state index contributed by atoms with van der Waals surface area (Å²) in [5.41, 5.74) is 1.89. The first kappa shape index (κ1) is 11.4. The van der Waals surface area contributed by atoms with Gasteiger partial charge < -0.3 is 4.74 Å². The molecule has 0 saturated carbocycles. The highest BCUT2D eigenvalue weighted by Crippen LogP contribution is 2.27. The van der Waals surface area contributed by atoms with Gasteiger partial charge in [-0.25, -0.2) is 0 Å². The van der Waals surface area contributed by atoms with Crippen LogP contribution in [0.15, 0.2) is 42.2 Å². The van der Waals surface area contributed by atoms with Crippen molar-refractivity contribution in [1.82, 2.24) is 0 Å². The highest BCUT2D eigenvalue weighted by atomic mass is 16.6. The molecule has 0 unspecified atom stereocenters. The minimum Gasteiger partial charge on any atom is -0.497 e. The first-order valence-electron chi connectivity index (χ1n) is 5.24. The maximum Gasteiger partial charge on any atom is 0.270 e. The van der Waals surface area contributed by atoms with Crippen LogP contribution in [0.1, 0.15) is 12.0 Å². The smallest absolute Gasteiger partial charge is 0.270 e. The van der Waals surface area contributed by atoms with Crippen molar-refractivity contribution in [3.05, 3.63) is 64.3 Å². The number of hydrogen-bond acceptors (Lipinski definition) is 3. The molecule has 0 aromatic heterocycles. The van der Waals surface area contributed by atoms with Crippen molar-refractivity contribution in [2.45, 2.75) is 6.42 Å². The van der Waals surface area contributed by atoms with Crippen LogP contribution in [0.4, 0.5) is 5.69 Å². The van der Waals surface area contributed by atoms with Crippen molar-refractivity contribution in [2.24, 2.45) is 0 Å². The topological polar surface area (TPSA) is 52.4 Å². The van der Waals surface area contributed by atoms with E-state index in [1.54, 1.807) is 19.2 Å². The van der Waals surface area contributed by atoms with Gasteiger partial charge in [-0.15, -0.1) is 0 Å². The van der Waals surface area contributed by atoms with E-state index in [1.807, 2.05) is 24.6 Å². The second kappa shape index (κ2) is 4.82. The van der Waals surface area contributed by atoms with Crippen molar-refractivity contribution in [2.75, 3.05) is 7.11 Å². The SMILES string of the molecule is COC1=CC[CH]C(c2cccc([N+](=O)[O-])c2)=C1. The molecule has 4 heteroatoms. The van der Waals surface area contributed by atoms with Gasteiger partial charge in [0.05, 0.1) is 12.0 Å². The molecule has 0 amide bonds. The average molecular weight is 230 g/mol. The van der Waals surface area contributed by atoms with Crippen LogP contribution < -0.4 is 0 Å². The Morgan fingerprint density at radius 1 is 1.41 bits per heavy atom. The minimum atomic E-state index is -0.389. The Kier molecular flexibility index (Phi) is 3.23. The first-order chi connectivity index (χ1) is 8.20. The van der Waals surface area contributed by atoms with Crippen molar-refractivity contribution in [3.8, 4) is 0 Å². The van der Waals surface area contributed by atoms with Gasteiger partial charge in [0.15, 0.2) is 0 Å². The van der Waals surface area contributed by atoms with Gasteiger partial charge in [-0.05, 0) is 36.1 Å². The number of nitro groups is 1. The molecule has 1 aromatic rings. The number of non-ortho nitro benzene ring substituents is 1. The monoisotopic (exact) mass is 230 g/mol. The summed E-state index contributed by atoms with van der Waals surface area (Å²) in [5, 5.41) is 10.7. The average Bonchev–Trinajstić information content (AvgIpc) is 2.39. The lowest BCUT2D eigenvalue weighted by Gasteiger charge is -2.12. The first-order valence-corrected chi connectivity index (χ1v) is 5.24. The molecule has 0 atom stereocenters. The maximum atomic E-state index is 10.7. The van der Waals surface area contributed by atoms with Gasteiger partial charge in [-0.1, -0.05) is 12.1 Å². The van der Waals surface area contributed by atoms with Crippen LogP contribution in [0.5, 0.6) is 0 Å². The second-order valence-corrected chi connectivity index (χ2v) is 3.66. The fourth-order valence-corrected chi connectivity index (χ4v) is 1.72. The molecule has 0 bridgehead atoms. The predicted octanol–water partition coefficient (Wildman–Crippen LogP) is 3.12. The fourth-order valence-electron chi connectivity index (χ4n) is 1.72. The lowest BCUT2D eigenvalue weighted by atomic mass is 9.96. The number of rotatable bonds is 3. The quantitative estimate of drug-likeness (QED) is 0.592. The van der Waals surface area contributed by atoms with E-state index in [0.29, 0.717) is 0 Å². The van der Waals surface area contributed by atoms with Gasteiger partial charge in [-0.3, -0.25) is 10.1 Å². The van der Waals surface area contributed by atoms with Gasteiger partial charge in [-0.2, -0.15) is 0 Å². The molecule has 17 heavy (non-hydrogen) atoms. The Balaban J connectivity index is 2.34. The molecule has 0 saturated heterocycles. The summed E-state index contributed by atoms with van der Waals surface area (Å²) in [7, 11) is 1.61. The zero-order valence-corrected chi connectivity index (χ0v) is 9.42. The molecule has 87 valence electrons. The van der Waals surface area contributed by atoms with Gasteiger partial charge >= 0.3 is 0 Å². The summed E-state index contributed by atoms with van der Waals surface area (Å²) in [4.78, 5) is 10.3. The number of nitrogens with zero attached hydrogens (tertiary/aromatic N) is 1. The molecular weight excluding hydrogens is 218 g/mol. The van der Waals surface area contributed by atoms with E-state index in [-0.39, 0.29) is 10.6 Å². The van der Waals surface area contributed by atoms with Crippen LogP contribution in [-0.4, -0.2) is 12.0 Å². The fraction of sp³-hybridized carbons (Fsp3) is 0.154. The molecule has 0 fully saturated rings. The number of methoxy groups -OCH3 is 1. The van der Waals surface area contributed by atoms with Crippen LogP contribution in [0.2, 0.25) is 0 Å². The summed E-state index contributed by atoms with van der Waals surface area (Å²) in [6, 6.07) is 6.60. The van der Waals surface area contributed by atoms with E-state index < -0.39 is 0 Å². The predicted molar refractivity (Wildman–Crippen MR) is 65.1 cm³/mol. The van der Waals surface area contributed by atoms with Crippen LogP contribution in [0, 0.1) is 16.5 Å². The molecule has 0 spiro atoms. The molecular formula is C13H12NO3. The number of ether oxygens (including phenoxy) is 1. The molecule has 1 aliphatic rings. The Morgan fingerprint density at radius 3 is 2.94 bits per heavy atom. The number of allylic oxidation sites excluding steroid dienone is 3. The summed E-state index contributed by atoms with van der Waals surface area (Å²) < 4.78 is 5.15. The van der Waals surface area contributed by atoms with Gasteiger partial charge in [0.1, 0.15) is 5.76 Å². The Labute approximate surface area is 99.4 Å². The Bertz CT molecular complexity index is 503. The third kappa shape index (κ3) is 2.53. The molecule has 1 aromatic carbocycles. The summed E-state index contributed by atoms with van der Waals surface area (Å²) >= 11 is 0. The third-order valence-corrected chi connectivity index (χ3v) is 2.58. The number of benzene rings is 1. The third-order valence-electron chi connectivity index (χ3n) is 2.58. The van der Waals surface area contributed by atoms with Crippen LogP contribution in [-0.2, 0) is 4.74 Å². The van der Waals surface area contributed by atoms with Crippen molar-refractivity contribution >= 4 is 11.3 Å². The van der Waals surface area contributed by atoms with Crippen molar-refractivity contribution in [1.29, 1.82) is 0 Å². The summed E-state index contributed by atoms with van der Waals surface area (Å²) in [6.07, 6.45) is 6.63.